The summed E-state index contributed by atoms with van der Waals surface area (Å²) in [5, 5.41) is 0. The highest BCUT2D eigenvalue weighted by molar-refractivity contribution is 6.57. The Kier molecular flexibility index (Phi) is 9.19. The highest BCUT2D eigenvalue weighted by atomic mass is 28.4. The number of rotatable bonds is 12. The molecule has 4 rings (SSSR count). The molecule has 9 heteroatoms. The van der Waals surface area contributed by atoms with Gasteiger partial charge in [0.15, 0.2) is 0 Å². The van der Waals surface area contributed by atoms with Gasteiger partial charge in [-0.1, -0.05) is 0 Å². The highest BCUT2D eigenvalue weighted by Crippen LogP contribution is 2.30. The second-order valence-corrected chi connectivity index (χ2v) is 12.3. The van der Waals surface area contributed by atoms with Crippen LogP contribution in [0.2, 0.25) is 0 Å². The fourth-order valence-corrected chi connectivity index (χ4v) is 5.90. The Morgan fingerprint density at radius 1 is 0.317 bits per heavy atom. The number of nitrogens with zero attached hydrogens (tertiary/aromatic N) is 4. The van der Waals surface area contributed by atoms with Gasteiger partial charge in [0, 0.05) is 79.1 Å². The summed E-state index contributed by atoms with van der Waals surface area (Å²) in [6.45, 7) is 0. The molecule has 0 radical (unpaired) electrons. The summed E-state index contributed by atoms with van der Waals surface area (Å²) >= 11 is 0. The summed E-state index contributed by atoms with van der Waals surface area (Å²) in [7, 11) is 12.0. The Balaban J connectivity index is 1.78. The number of anilines is 4. The maximum atomic E-state index is 6.60. The van der Waals surface area contributed by atoms with Crippen molar-refractivity contribution in [3.05, 3.63) is 97.1 Å². The first-order chi connectivity index (χ1) is 19.5. The fraction of sp³-hybridized carbons (Fsp3) is 0.250. The monoisotopic (exact) mass is 572 g/mol. The Bertz CT molecular complexity index is 1160. The topological polar surface area (TPSA) is 49.9 Å². The van der Waals surface area contributed by atoms with E-state index < -0.39 is 9.05 Å². The summed E-state index contributed by atoms with van der Waals surface area (Å²) < 4.78 is 26.4. The first-order valence-corrected chi connectivity index (χ1v) is 15.0. The van der Waals surface area contributed by atoms with Gasteiger partial charge in [-0.3, -0.25) is 0 Å². The molecule has 0 heterocycles. The van der Waals surface area contributed by atoms with Gasteiger partial charge in [-0.15, -0.1) is 0 Å². The molecule has 0 aliphatic carbocycles. The van der Waals surface area contributed by atoms with Crippen LogP contribution >= 0.6 is 0 Å². The first-order valence-electron chi connectivity index (χ1n) is 13.4. The normalized spacial score (nSPS) is 10.9. The Hall–Kier alpha value is -4.50. The molecule has 0 atom stereocenters. The van der Waals surface area contributed by atoms with E-state index in [-0.39, 0.29) is 0 Å². The molecule has 0 aromatic heterocycles. The van der Waals surface area contributed by atoms with E-state index in [1.165, 1.54) is 0 Å². The molecule has 0 aliphatic rings. The van der Waals surface area contributed by atoms with Crippen molar-refractivity contribution in [1.29, 1.82) is 0 Å². The van der Waals surface area contributed by atoms with Crippen LogP contribution in [-0.4, -0.2) is 65.4 Å². The molecule has 0 saturated heterocycles. The maximum Gasteiger partial charge on any atom is 0.966 e. The molecule has 0 amide bonds. The van der Waals surface area contributed by atoms with Crippen molar-refractivity contribution in [3.8, 4) is 23.0 Å². The third kappa shape index (κ3) is 7.79. The van der Waals surface area contributed by atoms with Crippen molar-refractivity contribution in [1.82, 2.24) is 0 Å². The molecule has 0 aliphatic heterocycles. The van der Waals surface area contributed by atoms with Gasteiger partial charge in [0.05, 0.1) is 0 Å². The minimum Gasteiger partial charge on any atom is -0.452 e. The average molecular weight is 573 g/mol. The molecular formula is C32H40N4O4Si. The first kappa shape index (κ1) is 29.5. The van der Waals surface area contributed by atoms with Gasteiger partial charge in [0.2, 0.25) is 0 Å². The van der Waals surface area contributed by atoms with Crippen molar-refractivity contribution in [3.63, 3.8) is 0 Å². The number of hydrogen-bond donors (Lipinski definition) is 0. The summed E-state index contributed by atoms with van der Waals surface area (Å²) in [6, 6.07) is 31.0. The van der Waals surface area contributed by atoms with E-state index in [0.29, 0.717) is 23.0 Å². The van der Waals surface area contributed by atoms with Crippen molar-refractivity contribution >= 4 is 31.8 Å². The minimum atomic E-state index is -3.99. The van der Waals surface area contributed by atoms with Crippen molar-refractivity contribution in [2.75, 3.05) is 76.0 Å². The Morgan fingerprint density at radius 2 is 0.488 bits per heavy atom. The van der Waals surface area contributed by atoms with E-state index in [2.05, 4.69) is 0 Å². The SMILES string of the molecule is CN(C)c1ccc(O[Si](Oc2ccc(N(C)C)cc2)(Oc2ccc(N(C)C)cc2)Oc2ccc(N(C)C)cc2)cc1. The van der Waals surface area contributed by atoms with Crippen LogP contribution in [-0.2, 0) is 0 Å². The summed E-state index contributed by atoms with van der Waals surface area (Å²) in [5.41, 5.74) is 4.19. The Labute approximate surface area is 245 Å². The second kappa shape index (κ2) is 12.8. The lowest BCUT2D eigenvalue weighted by Crippen LogP contribution is -2.60. The third-order valence-corrected chi connectivity index (χ3v) is 8.33. The largest absolute Gasteiger partial charge is 0.966 e. The van der Waals surface area contributed by atoms with E-state index in [4.69, 9.17) is 17.7 Å². The molecule has 0 bridgehead atoms. The molecule has 0 saturated carbocycles. The van der Waals surface area contributed by atoms with Gasteiger partial charge >= 0.3 is 9.05 Å². The molecule has 216 valence electrons. The zero-order chi connectivity index (χ0) is 29.6. The lowest BCUT2D eigenvalue weighted by molar-refractivity contribution is 0.161. The van der Waals surface area contributed by atoms with Crippen LogP contribution in [0.5, 0.6) is 23.0 Å². The maximum absolute atomic E-state index is 6.60. The summed E-state index contributed by atoms with van der Waals surface area (Å²) in [6.07, 6.45) is 0. The highest BCUT2D eigenvalue weighted by Gasteiger charge is 2.58. The van der Waals surface area contributed by atoms with Gasteiger partial charge in [0.25, 0.3) is 0 Å². The van der Waals surface area contributed by atoms with Crippen molar-refractivity contribution in [2.45, 2.75) is 0 Å². The predicted octanol–water partition coefficient (Wildman–Crippen LogP) is 6.00. The van der Waals surface area contributed by atoms with E-state index in [9.17, 15) is 0 Å². The quantitative estimate of drug-likeness (QED) is 0.192. The summed E-state index contributed by atoms with van der Waals surface area (Å²) in [5.74, 6) is 2.29. The second-order valence-electron chi connectivity index (χ2n) is 10.5. The van der Waals surface area contributed by atoms with Crippen LogP contribution in [0, 0.1) is 0 Å². The Morgan fingerprint density at radius 3 is 0.634 bits per heavy atom. The van der Waals surface area contributed by atoms with Crippen LogP contribution in [0.25, 0.3) is 0 Å². The minimum absolute atomic E-state index is 0.571. The predicted molar refractivity (Wildman–Crippen MR) is 171 cm³/mol. The molecular weight excluding hydrogens is 532 g/mol. The smallest absolute Gasteiger partial charge is 0.452 e. The van der Waals surface area contributed by atoms with E-state index >= 15 is 0 Å². The van der Waals surface area contributed by atoms with Crippen molar-refractivity contribution < 1.29 is 17.7 Å². The van der Waals surface area contributed by atoms with Crippen LogP contribution in [0.3, 0.4) is 0 Å². The van der Waals surface area contributed by atoms with Gasteiger partial charge in [-0.2, -0.15) is 0 Å². The van der Waals surface area contributed by atoms with Crippen LogP contribution in [0.4, 0.5) is 22.7 Å². The molecule has 0 N–H and O–H groups in total. The molecule has 41 heavy (non-hydrogen) atoms. The van der Waals surface area contributed by atoms with Gasteiger partial charge in [0.1, 0.15) is 23.0 Å². The molecule has 0 unspecified atom stereocenters. The van der Waals surface area contributed by atoms with Crippen molar-refractivity contribution in [2.24, 2.45) is 0 Å². The van der Waals surface area contributed by atoms with E-state index in [1.807, 2.05) is 173 Å². The van der Waals surface area contributed by atoms with E-state index in [1.54, 1.807) is 0 Å². The van der Waals surface area contributed by atoms with Crippen LogP contribution in [0.15, 0.2) is 97.1 Å². The lowest BCUT2D eigenvalue weighted by Gasteiger charge is -2.29. The van der Waals surface area contributed by atoms with E-state index in [0.717, 1.165) is 22.7 Å². The van der Waals surface area contributed by atoms with Gasteiger partial charge in [-0.25, -0.2) is 0 Å². The summed E-state index contributed by atoms with van der Waals surface area (Å²) in [4.78, 5) is 8.12. The lowest BCUT2D eigenvalue weighted by atomic mass is 10.3. The fourth-order valence-electron chi connectivity index (χ4n) is 3.95. The van der Waals surface area contributed by atoms with Crippen LogP contribution < -0.4 is 37.3 Å². The third-order valence-electron chi connectivity index (χ3n) is 6.38. The molecule has 8 nitrogen and oxygen atoms in total. The zero-order valence-electron chi connectivity index (χ0n) is 25.2. The molecule has 4 aromatic carbocycles. The van der Waals surface area contributed by atoms with Gasteiger partial charge in [-0.05, 0) is 97.1 Å². The standard InChI is InChI=1S/C32H40N4O4Si/c1-33(2)25-9-17-29(18-10-25)37-41(38-30-19-11-26(12-20-30)34(3)4,39-31-21-13-27(14-22-31)35(5)6)40-32-23-15-28(16-24-32)36(7)8/h9-24H,1-8H3. The molecule has 0 fully saturated rings. The molecule has 0 spiro atoms. The molecule has 4 aromatic rings. The van der Waals surface area contributed by atoms with Gasteiger partial charge < -0.3 is 37.3 Å². The number of benzene rings is 4. The average Bonchev–Trinajstić information content (AvgIpc) is 2.94. The zero-order valence-corrected chi connectivity index (χ0v) is 26.2. The van der Waals surface area contributed by atoms with Crippen LogP contribution in [0.1, 0.15) is 0 Å². The number of hydrogen-bond acceptors (Lipinski definition) is 8.